The third kappa shape index (κ3) is 4.85. The van der Waals surface area contributed by atoms with Crippen LogP contribution in [-0.2, 0) is 13.0 Å². The van der Waals surface area contributed by atoms with E-state index in [0.717, 1.165) is 57.0 Å². The van der Waals surface area contributed by atoms with E-state index in [0.29, 0.717) is 6.54 Å². The summed E-state index contributed by atoms with van der Waals surface area (Å²) < 4.78 is 5.26. The first-order valence-corrected chi connectivity index (χ1v) is 9.34. The maximum atomic E-state index is 12.4. The minimum Gasteiger partial charge on any atom is -0.361 e. The van der Waals surface area contributed by atoms with Gasteiger partial charge in [0.25, 0.3) is 0 Å². The van der Waals surface area contributed by atoms with E-state index in [-0.39, 0.29) is 6.03 Å². The Morgan fingerprint density at radius 3 is 2.69 bits per heavy atom. The van der Waals surface area contributed by atoms with Crippen LogP contribution in [0.2, 0.25) is 0 Å². The number of amides is 2. The first-order chi connectivity index (χ1) is 12.6. The lowest BCUT2D eigenvalue weighted by atomic mass is 10.1. The Labute approximate surface area is 155 Å². The molecule has 1 fully saturated rings. The number of hydrogen-bond acceptors (Lipinski definition) is 4. The van der Waals surface area contributed by atoms with Gasteiger partial charge in [0.1, 0.15) is 5.76 Å². The second kappa shape index (κ2) is 8.85. The largest absolute Gasteiger partial charge is 0.361 e. The van der Waals surface area contributed by atoms with Crippen molar-refractivity contribution in [2.24, 2.45) is 0 Å². The average Bonchev–Trinajstić information content (AvgIpc) is 2.85. The Morgan fingerprint density at radius 1 is 1.15 bits per heavy atom. The van der Waals surface area contributed by atoms with Crippen LogP contribution in [0.4, 0.5) is 4.79 Å². The summed E-state index contributed by atoms with van der Waals surface area (Å²) in [5.74, 6) is 0.891. The van der Waals surface area contributed by atoms with Gasteiger partial charge < -0.3 is 14.7 Å². The van der Waals surface area contributed by atoms with Gasteiger partial charge in [-0.25, -0.2) is 4.79 Å². The van der Waals surface area contributed by atoms with Crippen LogP contribution in [0.5, 0.6) is 0 Å². The third-order valence-corrected chi connectivity index (χ3v) is 4.97. The zero-order valence-corrected chi connectivity index (χ0v) is 15.7. The van der Waals surface area contributed by atoms with E-state index < -0.39 is 0 Å². The molecule has 140 valence electrons. The average molecular weight is 356 g/mol. The van der Waals surface area contributed by atoms with Crippen LogP contribution >= 0.6 is 0 Å². The highest BCUT2D eigenvalue weighted by atomic mass is 16.5. The highest BCUT2D eigenvalue weighted by Gasteiger charge is 2.20. The molecule has 0 bridgehead atoms. The summed E-state index contributed by atoms with van der Waals surface area (Å²) >= 11 is 0. The van der Waals surface area contributed by atoms with E-state index in [1.807, 2.05) is 36.9 Å². The molecule has 0 aliphatic carbocycles. The minimum absolute atomic E-state index is 0.0418. The van der Waals surface area contributed by atoms with Crippen molar-refractivity contribution in [1.29, 1.82) is 0 Å². The molecule has 2 aromatic rings. The zero-order valence-electron chi connectivity index (χ0n) is 15.7. The molecule has 2 heterocycles. The molecule has 26 heavy (non-hydrogen) atoms. The van der Waals surface area contributed by atoms with E-state index in [1.54, 1.807) is 0 Å². The fraction of sp³-hybridized carbons (Fsp3) is 0.500. The standard InChI is InChI=1S/C20H28N4O2/c1-16-19(17(2)26-22-16)15-23-11-6-12-24(14-13-23)20(25)21-10-9-18-7-4-3-5-8-18/h3-5,7-8H,6,9-15H2,1-2H3,(H,21,25). The quantitative estimate of drug-likeness (QED) is 0.895. The second-order valence-electron chi connectivity index (χ2n) is 6.89. The molecule has 1 saturated heterocycles. The van der Waals surface area contributed by atoms with Gasteiger partial charge in [-0.05, 0) is 32.3 Å². The number of carbonyl (C=O) groups is 1. The monoisotopic (exact) mass is 356 g/mol. The first-order valence-electron chi connectivity index (χ1n) is 9.34. The van der Waals surface area contributed by atoms with Gasteiger partial charge in [-0.15, -0.1) is 0 Å². The van der Waals surface area contributed by atoms with Crippen LogP contribution in [0.3, 0.4) is 0 Å². The predicted molar refractivity (Wildman–Crippen MR) is 101 cm³/mol. The van der Waals surface area contributed by atoms with Gasteiger partial charge in [-0.3, -0.25) is 4.90 Å². The molecule has 0 atom stereocenters. The fourth-order valence-corrected chi connectivity index (χ4v) is 3.35. The summed E-state index contributed by atoms with van der Waals surface area (Å²) in [5, 5.41) is 7.08. The lowest BCUT2D eigenvalue weighted by Crippen LogP contribution is -2.42. The van der Waals surface area contributed by atoms with E-state index >= 15 is 0 Å². The van der Waals surface area contributed by atoms with Gasteiger partial charge in [-0.1, -0.05) is 35.5 Å². The van der Waals surface area contributed by atoms with Crippen molar-refractivity contribution in [2.75, 3.05) is 32.7 Å². The third-order valence-electron chi connectivity index (χ3n) is 4.97. The number of carbonyl (C=O) groups excluding carboxylic acids is 1. The van der Waals surface area contributed by atoms with Crippen molar-refractivity contribution < 1.29 is 9.32 Å². The summed E-state index contributed by atoms with van der Waals surface area (Å²) in [6, 6.07) is 10.3. The van der Waals surface area contributed by atoms with Gasteiger partial charge in [-0.2, -0.15) is 0 Å². The molecule has 1 aliphatic rings. The van der Waals surface area contributed by atoms with E-state index in [4.69, 9.17) is 4.52 Å². The van der Waals surface area contributed by atoms with Crippen LogP contribution in [0.1, 0.15) is 29.0 Å². The Bertz CT molecular complexity index is 694. The van der Waals surface area contributed by atoms with Crippen molar-refractivity contribution >= 4 is 6.03 Å². The number of nitrogens with one attached hydrogen (secondary N) is 1. The van der Waals surface area contributed by atoms with Gasteiger partial charge in [0.2, 0.25) is 0 Å². The van der Waals surface area contributed by atoms with Gasteiger partial charge >= 0.3 is 6.03 Å². The molecule has 1 aromatic heterocycles. The summed E-state index contributed by atoms with van der Waals surface area (Å²) in [6.45, 7) is 8.85. The lowest BCUT2D eigenvalue weighted by Gasteiger charge is -2.22. The number of hydrogen-bond donors (Lipinski definition) is 1. The zero-order chi connectivity index (χ0) is 18.4. The summed E-state index contributed by atoms with van der Waals surface area (Å²) in [4.78, 5) is 16.8. The van der Waals surface area contributed by atoms with Crippen LogP contribution < -0.4 is 5.32 Å². The summed E-state index contributed by atoms with van der Waals surface area (Å²) in [5.41, 5.74) is 3.38. The van der Waals surface area contributed by atoms with E-state index in [9.17, 15) is 4.79 Å². The Morgan fingerprint density at radius 2 is 1.96 bits per heavy atom. The number of urea groups is 1. The molecule has 0 unspecified atom stereocenters. The molecule has 1 aliphatic heterocycles. The number of aromatic nitrogens is 1. The normalized spacial score (nSPS) is 15.7. The van der Waals surface area contributed by atoms with Gasteiger partial charge in [0, 0.05) is 44.8 Å². The molecule has 2 amide bonds. The highest BCUT2D eigenvalue weighted by Crippen LogP contribution is 2.16. The molecule has 1 N–H and O–H groups in total. The predicted octanol–water partition coefficient (Wildman–Crippen LogP) is 2.75. The second-order valence-corrected chi connectivity index (χ2v) is 6.89. The number of nitrogens with zero attached hydrogens (tertiary/aromatic N) is 3. The molecule has 0 radical (unpaired) electrons. The van der Waals surface area contributed by atoms with E-state index in [1.165, 1.54) is 11.1 Å². The minimum atomic E-state index is 0.0418. The Kier molecular flexibility index (Phi) is 6.28. The Hall–Kier alpha value is -2.34. The molecular weight excluding hydrogens is 328 g/mol. The van der Waals surface area contributed by atoms with Crippen LogP contribution in [0.15, 0.2) is 34.9 Å². The van der Waals surface area contributed by atoms with Gasteiger partial charge in [0.15, 0.2) is 0 Å². The van der Waals surface area contributed by atoms with Crippen LogP contribution in [0.25, 0.3) is 0 Å². The maximum Gasteiger partial charge on any atom is 0.317 e. The van der Waals surface area contributed by atoms with Crippen molar-refractivity contribution in [3.05, 3.63) is 52.9 Å². The molecule has 0 spiro atoms. The first kappa shape index (κ1) is 18.5. The maximum absolute atomic E-state index is 12.4. The van der Waals surface area contributed by atoms with Crippen molar-refractivity contribution in [2.45, 2.75) is 33.2 Å². The van der Waals surface area contributed by atoms with E-state index in [2.05, 4.69) is 27.5 Å². The molecule has 0 saturated carbocycles. The van der Waals surface area contributed by atoms with Crippen molar-refractivity contribution in [3.63, 3.8) is 0 Å². The SMILES string of the molecule is Cc1noc(C)c1CN1CCCN(C(=O)NCCc2ccccc2)CC1. The van der Waals surface area contributed by atoms with Gasteiger partial charge in [0.05, 0.1) is 5.69 Å². The Balaban J connectivity index is 1.45. The molecular formula is C20H28N4O2. The highest BCUT2D eigenvalue weighted by molar-refractivity contribution is 5.74. The summed E-state index contributed by atoms with van der Waals surface area (Å²) in [6.07, 6.45) is 1.84. The molecule has 6 nitrogen and oxygen atoms in total. The molecule has 6 heteroatoms. The number of aryl methyl sites for hydroxylation is 2. The fourth-order valence-electron chi connectivity index (χ4n) is 3.35. The lowest BCUT2D eigenvalue weighted by molar-refractivity contribution is 0.197. The van der Waals surface area contributed by atoms with Crippen molar-refractivity contribution in [1.82, 2.24) is 20.3 Å². The topological polar surface area (TPSA) is 61.6 Å². The van der Waals surface area contributed by atoms with Crippen LogP contribution in [-0.4, -0.2) is 53.7 Å². The molecule has 1 aromatic carbocycles. The molecule has 3 rings (SSSR count). The number of benzene rings is 1. The summed E-state index contributed by atoms with van der Waals surface area (Å²) in [7, 11) is 0. The van der Waals surface area contributed by atoms with Crippen LogP contribution in [0, 0.1) is 13.8 Å². The van der Waals surface area contributed by atoms with Crippen molar-refractivity contribution in [3.8, 4) is 0 Å². The number of rotatable bonds is 5. The smallest absolute Gasteiger partial charge is 0.317 e.